The second-order valence-corrected chi connectivity index (χ2v) is 8.70. The number of amidine groups is 1. The minimum atomic E-state index is -0.859. The number of hydrogen-bond donors (Lipinski definition) is 5. The summed E-state index contributed by atoms with van der Waals surface area (Å²) in [4.78, 5) is 23.5. The van der Waals surface area contributed by atoms with E-state index >= 15 is 0 Å². The molecule has 3 heterocycles. The van der Waals surface area contributed by atoms with Gasteiger partial charge >= 0.3 is 5.97 Å². The Bertz CT molecular complexity index is 1590. The smallest absolute Gasteiger partial charge is 0.303 e. The maximum atomic E-state index is 11.1. The first kappa shape index (κ1) is 23.7. The van der Waals surface area contributed by atoms with Crippen molar-refractivity contribution in [3.8, 4) is 16.9 Å². The van der Waals surface area contributed by atoms with Crippen LogP contribution in [0.1, 0.15) is 29.1 Å². The molecule has 6 N–H and O–H groups in total. The number of pyridine rings is 1. The minimum absolute atomic E-state index is 0.00865. The van der Waals surface area contributed by atoms with Crippen LogP contribution in [0.4, 0.5) is 5.69 Å². The van der Waals surface area contributed by atoms with E-state index < -0.39 is 5.97 Å². The van der Waals surface area contributed by atoms with Crippen molar-refractivity contribution in [2.45, 2.75) is 26.3 Å². The number of rotatable bonds is 9. The number of nitrogen functional groups attached to an aromatic ring is 1. The average Bonchev–Trinajstić information content (AvgIpc) is 3.52. The number of H-pyrrole nitrogens is 1. The van der Waals surface area contributed by atoms with E-state index in [1.54, 1.807) is 24.5 Å². The highest BCUT2D eigenvalue weighted by Gasteiger charge is 2.17. The molecule has 0 aliphatic rings. The van der Waals surface area contributed by atoms with Gasteiger partial charge in [0.2, 0.25) is 0 Å². The van der Waals surface area contributed by atoms with Gasteiger partial charge in [0, 0.05) is 41.2 Å². The summed E-state index contributed by atoms with van der Waals surface area (Å²) >= 11 is 0. The molecule has 0 radical (unpaired) electrons. The van der Waals surface area contributed by atoms with E-state index in [2.05, 4.69) is 15.3 Å². The van der Waals surface area contributed by atoms with E-state index in [9.17, 15) is 4.79 Å². The molecular weight excluding hydrogens is 468 g/mol. The molecule has 0 spiro atoms. The van der Waals surface area contributed by atoms with Crippen LogP contribution >= 0.6 is 0 Å². The molecule has 10 nitrogen and oxygen atoms in total. The first-order chi connectivity index (χ1) is 17.9. The number of aliphatic carboxylic acids is 1. The van der Waals surface area contributed by atoms with Gasteiger partial charge in [-0.05, 0) is 61.5 Å². The molecule has 0 aliphatic carbocycles. The number of carboxylic acid groups (broad SMARTS) is 1. The number of aryl methyl sites for hydroxylation is 2. The molecule has 10 heteroatoms. The molecule has 0 saturated heterocycles. The van der Waals surface area contributed by atoms with E-state index in [0.29, 0.717) is 24.2 Å². The fourth-order valence-electron chi connectivity index (χ4n) is 4.21. The van der Waals surface area contributed by atoms with Crippen LogP contribution < -0.4 is 11.1 Å². The van der Waals surface area contributed by atoms with Gasteiger partial charge < -0.3 is 21.1 Å². The van der Waals surface area contributed by atoms with Crippen LogP contribution in [0.25, 0.3) is 28.0 Å². The van der Waals surface area contributed by atoms with E-state index in [1.165, 1.54) is 0 Å². The van der Waals surface area contributed by atoms with E-state index in [4.69, 9.17) is 26.3 Å². The van der Waals surface area contributed by atoms with Crippen LogP contribution in [0.5, 0.6) is 0 Å². The van der Waals surface area contributed by atoms with Crippen molar-refractivity contribution in [2.24, 2.45) is 5.73 Å². The highest BCUT2D eigenvalue weighted by molar-refractivity contribution is 5.95. The average molecular weight is 495 g/mol. The van der Waals surface area contributed by atoms with Crippen molar-refractivity contribution < 1.29 is 9.90 Å². The zero-order valence-corrected chi connectivity index (χ0v) is 20.2. The van der Waals surface area contributed by atoms with E-state index in [0.717, 1.165) is 45.1 Å². The predicted molar refractivity (Wildman–Crippen MR) is 142 cm³/mol. The van der Waals surface area contributed by atoms with Gasteiger partial charge in [-0.2, -0.15) is 5.10 Å². The third kappa shape index (κ3) is 5.03. The highest BCUT2D eigenvalue weighted by Crippen LogP contribution is 2.29. The van der Waals surface area contributed by atoms with Gasteiger partial charge in [0.05, 0.1) is 41.1 Å². The predicted octanol–water partition coefficient (Wildman–Crippen LogP) is 4.03. The Morgan fingerprint density at radius 1 is 1.19 bits per heavy atom. The molecule has 0 aliphatic heterocycles. The highest BCUT2D eigenvalue weighted by atomic mass is 16.4. The second kappa shape index (κ2) is 9.94. The van der Waals surface area contributed by atoms with Crippen molar-refractivity contribution in [3.05, 3.63) is 89.6 Å². The minimum Gasteiger partial charge on any atom is -0.481 e. The largest absolute Gasteiger partial charge is 0.481 e. The topological polar surface area (TPSA) is 159 Å². The Hall–Kier alpha value is -4.99. The normalized spacial score (nSPS) is 11.1. The number of carbonyl (C=O) groups is 1. The zero-order valence-electron chi connectivity index (χ0n) is 20.2. The quantitative estimate of drug-likeness (QED) is 0.153. The standard InChI is InChI=1S/C27H26N8O2/c1-16-22(35-23(18-3-2-12-30-14-18)13-20(34-35)8-11-25(36)37)10-9-21-26(16)33-24(32-21)15-31-19-6-4-17(5-7-19)27(28)29/h2-7,9-10,12-14,31H,8,11,15H2,1H3,(H3,28,29)(H,32,33)(H,36,37). The number of carboxylic acids is 1. The van der Waals surface area contributed by atoms with Gasteiger partial charge in [-0.1, -0.05) is 0 Å². The van der Waals surface area contributed by atoms with Crippen LogP contribution in [0.15, 0.2) is 67.0 Å². The lowest BCUT2D eigenvalue weighted by Gasteiger charge is -2.10. The monoisotopic (exact) mass is 494 g/mol. The Kier molecular flexibility index (Phi) is 6.38. The Balaban J connectivity index is 1.46. The van der Waals surface area contributed by atoms with Crippen molar-refractivity contribution >= 4 is 28.5 Å². The SMILES string of the molecule is Cc1c(-n2nc(CCC(=O)O)cc2-c2cccnc2)ccc2[nH]c(CNc3ccc(C(=N)N)cc3)nc12. The fourth-order valence-corrected chi connectivity index (χ4v) is 4.21. The van der Waals surface area contributed by atoms with Crippen LogP contribution in [-0.2, 0) is 17.8 Å². The number of aromatic amines is 1. The van der Waals surface area contributed by atoms with Gasteiger partial charge in [0.15, 0.2) is 0 Å². The fraction of sp³-hybridized carbons (Fsp3) is 0.148. The van der Waals surface area contributed by atoms with Gasteiger partial charge in [-0.15, -0.1) is 0 Å². The molecule has 5 aromatic rings. The summed E-state index contributed by atoms with van der Waals surface area (Å²) in [5.74, 6) is -0.0449. The zero-order chi connectivity index (χ0) is 25.9. The van der Waals surface area contributed by atoms with Crippen LogP contribution in [0, 0.1) is 12.3 Å². The molecule has 0 fully saturated rings. The maximum absolute atomic E-state index is 11.1. The van der Waals surface area contributed by atoms with Gasteiger partial charge in [-0.25, -0.2) is 9.67 Å². The van der Waals surface area contributed by atoms with Crippen molar-refractivity contribution in [1.29, 1.82) is 5.41 Å². The van der Waals surface area contributed by atoms with Crippen LogP contribution in [-0.4, -0.2) is 41.6 Å². The summed E-state index contributed by atoms with van der Waals surface area (Å²) in [5, 5.41) is 24.7. The number of nitrogens with one attached hydrogen (secondary N) is 3. The van der Waals surface area contributed by atoms with E-state index in [-0.39, 0.29) is 12.3 Å². The summed E-state index contributed by atoms with van der Waals surface area (Å²) in [6.45, 7) is 2.49. The lowest BCUT2D eigenvalue weighted by atomic mass is 10.1. The van der Waals surface area contributed by atoms with Crippen molar-refractivity contribution in [3.63, 3.8) is 0 Å². The number of aromatic nitrogens is 5. The summed E-state index contributed by atoms with van der Waals surface area (Å²) in [6.07, 6.45) is 3.82. The Labute approximate surface area is 212 Å². The molecule has 0 unspecified atom stereocenters. The lowest BCUT2D eigenvalue weighted by molar-refractivity contribution is -0.136. The summed E-state index contributed by atoms with van der Waals surface area (Å²) in [5.41, 5.74) is 13.1. The number of imidazole rings is 1. The molecule has 5 rings (SSSR count). The van der Waals surface area contributed by atoms with Gasteiger partial charge in [0.25, 0.3) is 0 Å². The Morgan fingerprint density at radius 2 is 2.00 bits per heavy atom. The molecular formula is C27H26N8O2. The first-order valence-corrected chi connectivity index (χ1v) is 11.8. The number of hydrogen-bond acceptors (Lipinski definition) is 6. The number of nitrogens with zero attached hydrogens (tertiary/aromatic N) is 4. The molecule has 0 atom stereocenters. The number of nitrogens with two attached hydrogens (primary N) is 1. The number of anilines is 1. The third-order valence-electron chi connectivity index (χ3n) is 6.12. The summed E-state index contributed by atoms with van der Waals surface area (Å²) in [7, 11) is 0. The van der Waals surface area contributed by atoms with Crippen LogP contribution in [0.2, 0.25) is 0 Å². The van der Waals surface area contributed by atoms with Crippen LogP contribution in [0.3, 0.4) is 0 Å². The lowest BCUT2D eigenvalue weighted by Crippen LogP contribution is -2.10. The number of benzene rings is 2. The second-order valence-electron chi connectivity index (χ2n) is 8.70. The molecule has 0 amide bonds. The van der Waals surface area contributed by atoms with E-state index in [1.807, 2.05) is 54.1 Å². The third-order valence-corrected chi connectivity index (χ3v) is 6.12. The van der Waals surface area contributed by atoms with Gasteiger partial charge in [0.1, 0.15) is 11.7 Å². The summed E-state index contributed by atoms with van der Waals surface area (Å²) in [6, 6.07) is 17.0. The van der Waals surface area contributed by atoms with Crippen molar-refractivity contribution in [2.75, 3.05) is 5.32 Å². The molecule has 0 bridgehead atoms. The maximum Gasteiger partial charge on any atom is 0.303 e. The molecule has 3 aromatic heterocycles. The molecule has 0 saturated carbocycles. The molecule has 37 heavy (non-hydrogen) atoms. The Morgan fingerprint density at radius 3 is 2.70 bits per heavy atom. The summed E-state index contributed by atoms with van der Waals surface area (Å²) < 4.78 is 1.84. The first-order valence-electron chi connectivity index (χ1n) is 11.8. The molecule has 186 valence electrons. The number of fused-ring (bicyclic) bond motifs is 1. The molecule has 2 aromatic carbocycles. The van der Waals surface area contributed by atoms with Gasteiger partial charge in [-0.3, -0.25) is 15.2 Å². The van der Waals surface area contributed by atoms with Crippen molar-refractivity contribution in [1.82, 2.24) is 24.7 Å².